The summed E-state index contributed by atoms with van der Waals surface area (Å²) < 4.78 is 10.0. The first-order chi connectivity index (χ1) is 18.0. The SMILES string of the molecule is COC(=O)C1=C(C(=O)OC)N(c2ccc3c(c2)C(=O)N(C(C)(C)C)C3=O)C(N)=C(C#N)C1c1ccccc1. The van der Waals surface area contributed by atoms with Crippen LogP contribution >= 0.6 is 0 Å². The Hall–Kier alpha value is -4.91. The molecule has 2 aliphatic heterocycles. The lowest BCUT2D eigenvalue weighted by Crippen LogP contribution is -2.45. The van der Waals surface area contributed by atoms with Crippen molar-refractivity contribution in [3.05, 3.63) is 87.9 Å². The molecule has 2 amide bonds. The van der Waals surface area contributed by atoms with E-state index in [0.717, 1.165) is 19.1 Å². The average molecular weight is 515 g/mol. The van der Waals surface area contributed by atoms with Crippen molar-refractivity contribution >= 4 is 29.4 Å². The Morgan fingerprint density at radius 3 is 2.11 bits per heavy atom. The van der Waals surface area contributed by atoms with Crippen LogP contribution < -0.4 is 10.6 Å². The summed E-state index contributed by atoms with van der Waals surface area (Å²) in [4.78, 5) is 54.9. The predicted octanol–water partition coefficient (Wildman–Crippen LogP) is 2.98. The minimum atomic E-state index is -1.02. The highest BCUT2D eigenvalue weighted by atomic mass is 16.5. The number of rotatable bonds is 4. The first kappa shape index (κ1) is 26.2. The average Bonchev–Trinajstić information content (AvgIpc) is 3.16. The smallest absolute Gasteiger partial charge is 0.355 e. The van der Waals surface area contributed by atoms with Crippen LogP contribution in [0.4, 0.5) is 5.69 Å². The van der Waals surface area contributed by atoms with Crippen LogP contribution in [0.3, 0.4) is 0 Å². The summed E-state index contributed by atoms with van der Waals surface area (Å²) in [6.07, 6.45) is 0. The van der Waals surface area contributed by atoms with Gasteiger partial charge in [0, 0.05) is 11.2 Å². The summed E-state index contributed by atoms with van der Waals surface area (Å²) in [6.45, 7) is 5.22. The summed E-state index contributed by atoms with van der Waals surface area (Å²) >= 11 is 0. The molecule has 2 aliphatic rings. The van der Waals surface area contributed by atoms with E-state index >= 15 is 0 Å². The van der Waals surface area contributed by atoms with E-state index in [0.29, 0.717) is 5.56 Å². The second-order valence-electron chi connectivity index (χ2n) is 9.68. The maximum atomic E-state index is 13.2. The molecule has 4 rings (SSSR count). The summed E-state index contributed by atoms with van der Waals surface area (Å²) in [7, 11) is 2.30. The number of amides is 2. The molecule has 0 aromatic heterocycles. The molecule has 0 saturated carbocycles. The van der Waals surface area contributed by atoms with Crippen molar-refractivity contribution in [2.45, 2.75) is 32.2 Å². The third-order valence-corrected chi connectivity index (χ3v) is 6.41. The Morgan fingerprint density at radius 1 is 0.947 bits per heavy atom. The van der Waals surface area contributed by atoms with E-state index in [1.54, 1.807) is 51.1 Å². The first-order valence-electron chi connectivity index (χ1n) is 11.7. The first-order valence-corrected chi connectivity index (χ1v) is 11.7. The van der Waals surface area contributed by atoms with Crippen LogP contribution in [0.2, 0.25) is 0 Å². The lowest BCUT2D eigenvalue weighted by Gasteiger charge is -2.36. The molecular weight excluding hydrogens is 488 g/mol. The Bertz CT molecular complexity index is 1480. The highest BCUT2D eigenvalue weighted by Gasteiger charge is 2.45. The minimum Gasteiger partial charge on any atom is -0.466 e. The van der Waals surface area contributed by atoms with Crippen molar-refractivity contribution < 1.29 is 28.7 Å². The minimum absolute atomic E-state index is 0.0107. The zero-order chi connectivity index (χ0) is 27.9. The molecule has 0 radical (unpaired) electrons. The molecule has 0 bridgehead atoms. The Morgan fingerprint density at radius 2 is 1.55 bits per heavy atom. The molecule has 0 saturated heterocycles. The van der Waals surface area contributed by atoms with Crippen molar-refractivity contribution in [2.75, 3.05) is 19.1 Å². The van der Waals surface area contributed by atoms with Gasteiger partial charge >= 0.3 is 11.9 Å². The lowest BCUT2D eigenvalue weighted by molar-refractivity contribution is -0.139. The molecule has 2 aromatic rings. The zero-order valence-corrected chi connectivity index (χ0v) is 21.6. The van der Waals surface area contributed by atoms with E-state index in [-0.39, 0.29) is 39.5 Å². The van der Waals surface area contributed by atoms with Crippen molar-refractivity contribution in [1.82, 2.24) is 4.90 Å². The standard InChI is InChI=1S/C28H26N4O6/c1-28(2,3)32-24(33)17-12-11-16(13-18(17)25(32)34)31-22(27(36)38-5)21(26(35)37-4)20(19(14-29)23(31)30)15-9-7-6-8-10-15/h6-13,20H,30H2,1-5H3. The summed E-state index contributed by atoms with van der Waals surface area (Å²) in [5, 5.41) is 10.2. The Kier molecular flexibility index (Phi) is 6.55. The van der Waals surface area contributed by atoms with Gasteiger partial charge in [-0.05, 0) is 44.5 Å². The van der Waals surface area contributed by atoms with Crippen LogP contribution in [0, 0.1) is 11.3 Å². The van der Waals surface area contributed by atoms with Crippen LogP contribution in [0.25, 0.3) is 0 Å². The summed E-state index contributed by atoms with van der Waals surface area (Å²) in [5.41, 5.74) is 6.30. The Labute approximate surface area is 219 Å². The normalized spacial score (nSPS) is 17.4. The van der Waals surface area contributed by atoms with E-state index in [1.807, 2.05) is 0 Å². The van der Waals surface area contributed by atoms with Gasteiger partial charge < -0.3 is 15.2 Å². The van der Waals surface area contributed by atoms with E-state index < -0.39 is 35.2 Å². The number of carbonyl (C=O) groups is 4. The molecule has 0 aliphatic carbocycles. The largest absolute Gasteiger partial charge is 0.466 e. The number of hydrogen-bond donors (Lipinski definition) is 1. The number of ether oxygens (including phenoxy) is 2. The van der Waals surface area contributed by atoms with Gasteiger partial charge in [0.05, 0.1) is 48.5 Å². The molecule has 1 atom stereocenters. The van der Waals surface area contributed by atoms with Gasteiger partial charge in [0.1, 0.15) is 11.5 Å². The van der Waals surface area contributed by atoms with Gasteiger partial charge in [0.2, 0.25) is 0 Å². The van der Waals surface area contributed by atoms with Crippen LogP contribution in [0.1, 0.15) is 53.0 Å². The number of esters is 2. The molecule has 38 heavy (non-hydrogen) atoms. The topological polar surface area (TPSA) is 143 Å². The van der Waals surface area contributed by atoms with Crippen LogP contribution in [0.15, 0.2) is 71.2 Å². The number of carbonyl (C=O) groups excluding carboxylic acids is 4. The van der Waals surface area contributed by atoms with Gasteiger partial charge in [-0.2, -0.15) is 5.26 Å². The number of methoxy groups -OCH3 is 2. The number of imide groups is 1. The number of hydrogen-bond acceptors (Lipinski definition) is 9. The van der Waals surface area contributed by atoms with Crippen LogP contribution in [-0.4, -0.2) is 48.4 Å². The highest BCUT2D eigenvalue weighted by Crippen LogP contribution is 2.44. The van der Waals surface area contributed by atoms with Crippen molar-refractivity contribution in [3.8, 4) is 6.07 Å². The summed E-state index contributed by atoms with van der Waals surface area (Å²) in [5.74, 6) is -3.90. The number of nitrogens with two attached hydrogens (primary N) is 1. The number of fused-ring (bicyclic) bond motifs is 1. The van der Waals surface area contributed by atoms with Crippen molar-refractivity contribution in [1.29, 1.82) is 5.26 Å². The quantitative estimate of drug-likeness (QED) is 0.481. The summed E-state index contributed by atoms with van der Waals surface area (Å²) in [6, 6.07) is 15.0. The van der Waals surface area contributed by atoms with Gasteiger partial charge in [-0.3, -0.25) is 19.4 Å². The van der Waals surface area contributed by atoms with Gasteiger partial charge in [-0.1, -0.05) is 30.3 Å². The number of nitriles is 1. The molecule has 10 nitrogen and oxygen atoms in total. The van der Waals surface area contributed by atoms with Crippen LogP contribution in [0.5, 0.6) is 0 Å². The highest BCUT2D eigenvalue weighted by molar-refractivity contribution is 6.22. The van der Waals surface area contributed by atoms with Gasteiger partial charge in [-0.25, -0.2) is 9.59 Å². The maximum Gasteiger partial charge on any atom is 0.355 e. The Balaban J connectivity index is 2.01. The number of benzene rings is 2. The lowest BCUT2D eigenvalue weighted by atomic mass is 9.81. The fourth-order valence-electron chi connectivity index (χ4n) is 4.76. The molecule has 2 aromatic carbocycles. The van der Waals surface area contributed by atoms with Crippen molar-refractivity contribution in [3.63, 3.8) is 0 Å². The monoisotopic (exact) mass is 514 g/mol. The van der Waals surface area contributed by atoms with Gasteiger partial charge in [0.15, 0.2) is 0 Å². The number of nitrogens with zero attached hydrogens (tertiary/aromatic N) is 3. The van der Waals surface area contributed by atoms with Crippen LogP contribution in [-0.2, 0) is 19.1 Å². The molecule has 2 heterocycles. The van der Waals surface area contributed by atoms with E-state index in [9.17, 15) is 24.4 Å². The fraction of sp³-hybridized carbons (Fsp3) is 0.250. The molecule has 1 unspecified atom stereocenters. The third kappa shape index (κ3) is 3.98. The van der Waals surface area contributed by atoms with E-state index in [2.05, 4.69) is 6.07 Å². The number of anilines is 1. The van der Waals surface area contributed by atoms with Crippen molar-refractivity contribution in [2.24, 2.45) is 5.73 Å². The predicted molar refractivity (Wildman–Crippen MR) is 136 cm³/mol. The molecule has 2 N–H and O–H groups in total. The number of allylic oxidation sites excluding steroid dienone is 1. The van der Waals surface area contributed by atoms with E-state index in [4.69, 9.17) is 15.2 Å². The third-order valence-electron chi connectivity index (χ3n) is 6.41. The molecule has 0 fully saturated rings. The molecule has 10 heteroatoms. The van der Waals surface area contributed by atoms with E-state index in [1.165, 1.54) is 23.1 Å². The van der Waals surface area contributed by atoms with Gasteiger partial charge in [0.25, 0.3) is 11.8 Å². The fourth-order valence-corrected chi connectivity index (χ4v) is 4.76. The molecule has 194 valence electrons. The second-order valence-corrected chi connectivity index (χ2v) is 9.68. The molecule has 0 spiro atoms. The maximum absolute atomic E-state index is 13.2. The second kappa shape index (κ2) is 9.52. The zero-order valence-electron chi connectivity index (χ0n) is 21.6. The van der Waals surface area contributed by atoms with Gasteiger partial charge in [-0.15, -0.1) is 0 Å². The molecular formula is C28H26N4O6.